The van der Waals surface area contributed by atoms with Gasteiger partial charge in [-0.25, -0.2) is 4.79 Å². The molecule has 22 heavy (non-hydrogen) atoms. The van der Waals surface area contributed by atoms with Crippen LogP contribution in [0.4, 0.5) is 5.69 Å². The van der Waals surface area contributed by atoms with Crippen molar-refractivity contribution in [3.8, 4) is 11.5 Å². The summed E-state index contributed by atoms with van der Waals surface area (Å²) in [6.07, 6.45) is 0. The Morgan fingerprint density at radius 1 is 1.23 bits per heavy atom. The first kappa shape index (κ1) is 15.7. The van der Waals surface area contributed by atoms with E-state index in [0.717, 1.165) is 22.6 Å². The van der Waals surface area contributed by atoms with E-state index in [2.05, 4.69) is 5.32 Å². The summed E-state index contributed by atoms with van der Waals surface area (Å²) in [6, 6.07) is 10.5. The zero-order valence-corrected chi connectivity index (χ0v) is 12.8. The van der Waals surface area contributed by atoms with Crippen molar-refractivity contribution in [2.24, 2.45) is 0 Å². The average Bonchev–Trinajstić information content (AvgIpc) is 2.53. The molecule has 0 heterocycles. The van der Waals surface area contributed by atoms with Gasteiger partial charge in [0.05, 0.1) is 18.2 Å². The molecule has 116 valence electrons. The van der Waals surface area contributed by atoms with Crippen molar-refractivity contribution in [2.45, 2.75) is 13.5 Å². The normalized spacial score (nSPS) is 10.1. The van der Waals surface area contributed by atoms with Gasteiger partial charge in [0.25, 0.3) is 0 Å². The topological polar surface area (TPSA) is 67.8 Å². The van der Waals surface area contributed by atoms with Crippen LogP contribution in [0.3, 0.4) is 0 Å². The predicted molar refractivity (Wildman–Crippen MR) is 85.0 cm³/mol. The first-order valence-corrected chi connectivity index (χ1v) is 6.87. The van der Waals surface area contributed by atoms with Gasteiger partial charge in [-0.2, -0.15) is 0 Å². The summed E-state index contributed by atoms with van der Waals surface area (Å²) in [7, 11) is 3.45. The number of benzene rings is 2. The Labute approximate surface area is 129 Å². The number of carboxylic acids is 1. The Balaban J connectivity index is 2.22. The fourth-order valence-corrected chi connectivity index (χ4v) is 2.23. The molecule has 0 atom stereocenters. The van der Waals surface area contributed by atoms with E-state index in [1.165, 1.54) is 6.07 Å². The molecule has 0 bridgehead atoms. The first-order chi connectivity index (χ1) is 10.6. The maximum atomic E-state index is 10.9. The van der Waals surface area contributed by atoms with Gasteiger partial charge in [-0.1, -0.05) is 6.07 Å². The summed E-state index contributed by atoms with van der Waals surface area (Å²) in [5.41, 5.74) is 2.87. The van der Waals surface area contributed by atoms with Gasteiger partial charge in [-0.05, 0) is 42.8 Å². The third-order valence-electron chi connectivity index (χ3n) is 3.42. The van der Waals surface area contributed by atoms with E-state index in [1.807, 2.05) is 32.2 Å². The van der Waals surface area contributed by atoms with Crippen LogP contribution in [0, 0.1) is 6.92 Å². The number of aromatic carboxylic acids is 1. The second-order valence-corrected chi connectivity index (χ2v) is 4.81. The summed E-state index contributed by atoms with van der Waals surface area (Å²) in [6.45, 7) is 2.15. The molecule has 0 saturated carbocycles. The molecule has 0 aliphatic rings. The first-order valence-electron chi connectivity index (χ1n) is 6.87. The van der Waals surface area contributed by atoms with Crippen molar-refractivity contribution in [3.63, 3.8) is 0 Å². The quantitative estimate of drug-likeness (QED) is 0.856. The molecule has 0 radical (unpaired) electrons. The molecule has 5 heteroatoms. The molecule has 2 aromatic carbocycles. The van der Waals surface area contributed by atoms with Gasteiger partial charge >= 0.3 is 5.97 Å². The lowest BCUT2D eigenvalue weighted by molar-refractivity contribution is 0.0696. The van der Waals surface area contributed by atoms with Crippen LogP contribution in [0.1, 0.15) is 21.5 Å². The van der Waals surface area contributed by atoms with Crippen molar-refractivity contribution in [1.82, 2.24) is 0 Å². The maximum absolute atomic E-state index is 10.9. The number of aryl methyl sites for hydroxylation is 1. The number of ether oxygens (including phenoxy) is 2. The highest BCUT2D eigenvalue weighted by molar-refractivity contribution is 5.88. The SMILES string of the molecule is CNc1cccc(OC)c1COc1ccc(C(=O)O)cc1C. The van der Waals surface area contributed by atoms with Crippen molar-refractivity contribution in [3.05, 3.63) is 53.1 Å². The van der Waals surface area contributed by atoms with Gasteiger partial charge in [0, 0.05) is 12.7 Å². The number of anilines is 1. The molecule has 0 fully saturated rings. The van der Waals surface area contributed by atoms with Gasteiger partial charge in [0.15, 0.2) is 0 Å². The summed E-state index contributed by atoms with van der Waals surface area (Å²) < 4.78 is 11.2. The molecule has 0 aliphatic carbocycles. The predicted octanol–water partition coefficient (Wildman–Crippen LogP) is 3.32. The van der Waals surface area contributed by atoms with Crippen LogP contribution in [-0.2, 0) is 6.61 Å². The number of hydrogen-bond donors (Lipinski definition) is 2. The Kier molecular flexibility index (Phi) is 4.88. The van der Waals surface area contributed by atoms with E-state index >= 15 is 0 Å². The van der Waals surface area contributed by atoms with Gasteiger partial charge in [0.1, 0.15) is 18.1 Å². The monoisotopic (exact) mass is 301 g/mol. The maximum Gasteiger partial charge on any atom is 0.335 e. The molecule has 0 aromatic heterocycles. The van der Waals surface area contributed by atoms with Gasteiger partial charge < -0.3 is 19.9 Å². The van der Waals surface area contributed by atoms with E-state index in [1.54, 1.807) is 19.2 Å². The zero-order valence-electron chi connectivity index (χ0n) is 12.8. The van der Waals surface area contributed by atoms with E-state index in [4.69, 9.17) is 14.6 Å². The third-order valence-corrected chi connectivity index (χ3v) is 3.42. The van der Waals surface area contributed by atoms with Crippen molar-refractivity contribution < 1.29 is 19.4 Å². The summed E-state index contributed by atoms with van der Waals surface area (Å²) in [5, 5.41) is 12.1. The Morgan fingerprint density at radius 2 is 2.00 bits per heavy atom. The minimum atomic E-state index is -0.947. The van der Waals surface area contributed by atoms with Crippen molar-refractivity contribution >= 4 is 11.7 Å². The smallest absolute Gasteiger partial charge is 0.335 e. The highest BCUT2D eigenvalue weighted by Gasteiger charge is 2.11. The lowest BCUT2D eigenvalue weighted by Gasteiger charge is -2.15. The molecule has 2 aromatic rings. The third kappa shape index (κ3) is 3.31. The second-order valence-electron chi connectivity index (χ2n) is 4.81. The van der Waals surface area contributed by atoms with Crippen LogP contribution >= 0.6 is 0 Å². The molecular weight excluding hydrogens is 282 g/mol. The summed E-state index contributed by atoms with van der Waals surface area (Å²) >= 11 is 0. The van der Waals surface area contributed by atoms with E-state index in [-0.39, 0.29) is 5.56 Å². The molecule has 0 spiro atoms. The number of rotatable bonds is 6. The van der Waals surface area contributed by atoms with Crippen LogP contribution in [0.15, 0.2) is 36.4 Å². The second kappa shape index (κ2) is 6.85. The fourth-order valence-electron chi connectivity index (χ4n) is 2.23. The molecule has 2 N–H and O–H groups in total. The lowest BCUT2D eigenvalue weighted by atomic mass is 10.1. The number of methoxy groups -OCH3 is 1. The van der Waals surface area contributed by atoms with Crippen LogP contribution in [0.25, 0.3) is 0 Å². The minimum absolute atomic E-state index is 0.248. The Hall–Kier alpha value is -2.69. The van der Waals surface area contributed by atoms with Gasteiger partial charge in [0.2, 0.25) is 0 Å². The van der Waals surface area contributed by atoms with Crippen LogP contribution in [0.2, 0.25) is 0 Å². The summed E-state index contributed by atoms with van der Waals surface area (Å²) in [5.74, 6) is 0.446. The average molecular weight is 301 g/mol. The van der Waals surface area contributed by atoms with Crippen molar-refractivity contribution in [2.75, 3.05) is 19.5 Å². The molecule has 5 nitrogen and oxygen atoms in total. The van der Waals surface area contributed by atoms with Crippen LogP contribution in [-0.4, -0.2) is 25.2 Å². The number of carboxylic acid groups (broad SMARTS) is 1. The summed E-state index contributed by atoms with van der Waals surface area (Å²) in [4.78, 5) is 10.9. The zero-order chi connectivity index (χ0) is 16.1. The lowest BCUT2D eigenvalue weighted by Crippen LogP contribution is -2.04. The molecule has 0 aliphatic heterocycles. The molecule has 2 rings (SSSR count). The largest absolute Gasteiger partial charge is 0.496 e. The highest BCUT2D eigenvalue weighted by atomic mass is 16.5. The minimum Gasteiger partial charge on any atom is -0.496 e. The molecule has 0 unspecified atom stereocenters. The Bertz CT molecular complexity index is 660. The fraction of sp³-hybridized carbons (Fsp3) is 0.235. The van der Waals surface area contributed by atoms with Crippen LogP contribution in [0.5, 0.6) is 11.5 Å². The van der Waals surface area contributed by atoms with E-state index in [9.17, 15) is 4.79 Å². The van der Waals surface area contributed by atoms with E-state index in [0.29, 0.717) is 12.4 Å². The van der Waals surface area contributed by atoms with Gasteiger partial charge in [-0.15, -0.1) is 0 Å². The number of hydrogen-bond acceptors (Lipinski definition) is 4. The standard InChI is InChI=1S/C17H19NO4/c1-11-9-12(17(19)20)7-8-15(11)22-10-13-14(18-2)5-4-6-16(13)21-3/h4-9,18H,10H2,1-3H3,(H,19,20). The molecule has 0 amide bonds. The molecule has 0 saturated heterocycles. The van der Waals surface area contributed by atoms with Gasteiger partial charge in [-0.3, -0.25) is 0 Å². The van der Waals surface area contributed by atoms with Crippen LogP contribution < -0.4 is 14.8 Å². The van der Waals surface area contributed by atoms with E-state index < -0.39 is 5.97 Å². The number of carbonyl (C=O) groups is 1. The highest BCUT2D eigenvalue weighted by Crippen LogP contribution is 2.28. The number of nitrogens with one attached hydrogen (secondary N) is 1. The Morgan fingerprint density at radius 3 is 2.59 bits per heavy atom. The molecular formula is C17H19NO4. The van der Waals surface area contributed by atoms with Crippen molar-refractivity contribution in [1.29, 1.82) is 0 Å².